The van der Waals surface area contributed by atoms with Gasteiger partial charge in [0.1, 0.15) is 5.75 Å². The molecule has 0 aliphatic carbocycles. The molecule has 0 saturated carbocycles. The standard InChI is InChI=1S/C12H6Cl2O3/c13-11(16)7-2-1-6-5-10(15)9(12(14)17)4-8(6)3-7/h1-5,15H. The van der Waals surface area contributed by atoms with Gasteiger partial charge in [-0.1, -0.05) is 6.07 Å². The largest absolute Gasteiger partial charge is 0.507 e. The molecule has 0 fully saturated rings. The van der Waals surface area contributed by atoms with E-state index in [9.17, 15) is 14.7 Å². The third kappa shape index (κ3) is 2.25. The van der Waals surface area contributed by atoms with Gasteiger partial charge in [-0.05, 0) is 58.2 Å². The fourth-order valence-corrected chi connectivity index (χ4v) is 1.83. The van der Waals surface area contributed by atoms with Crippen molar-refractivity contribution in [1.82, 2.24) is 0 Å². The van der Waals surface area contributed by atoms with Crippen LogP contribution in [-0.4, -0.2) is 15.6 Å². The topological polar surface area (TPSA) is 54.4 Å². The molecule has 0 spiro atoms. The van der Waals surface area contributed by atoms with Gasteiger partial charge in [-0.3, -0.25) is 9.59 Å². The van der Waals surface area contributed by atoms with Crippen LogP contribution in [0.1, 0.15) is 20.7 Å². The molecule has 0 unspecified atom stereocenters. The van der Waals surface area contributed by atoms with Gasteiger partial charge >= 0.3 is 0 Å². The zero-order chi connectivity index (χ0) is 12.6. The van der Waals surface area contributed by atoms with Crippen LogP contribution in [0.2, 0.25) is 0 Å². The van der Waals surface area contributed by atoms with Crippen LogP contribution >= 0.6 is 23.2 Å². The van der Waals surface area contributed by atoms with E-state index < -0.39 is 10.5 Å². The first-order chi connectivity index (χ1) is 7.99. The molecule has 2 aromatic carbocycles. The minimum atomic E-state index is -0.757. The van der Waals surface area contributed by atoms with Gasteiger partial charge in [0.25, 0.3) is 10.5 Å². The summed E-state index contributed by atoms with van der Waals surface area (Å²) in [6, 6.07) is 7.54. The lowest BCUT2D eigenvalue weighted by Gasteiger charge is -2.04. The summed E-state index contributed by atoms with van der Waals surface area (Å²) < 4.78 is 0. The highest BCUT2D eigenvalue weighted by Crippen LogP contribution is 2.27. The third-order valence-electron chi connectivity index (χ3n) is 2.39. The average molecular weight is 269 g/mol. The number of carbonyl (C=O) groups excluding carboxylic acids is 2. The van der Waals surface area contributed by atoms with Crippen molar-refractivity contribution in [3.05, 3.63) is 41.5 Å². The van der Waals surface area contributed by atoms with Crippen LogP contribution in [0.3, 0.4) is 0 Å². The molecule has 2 rings (SSSR count). The highest BCUT2D eigenvalue weighted by atomic mass is 35.5. The van der Waals surface area contributed by atoms with E-state index in [2.05, 4.69) is 0 Å². The number of rotatable bonds is 2. The van der Waals surface area contributed by atoms with Crippen LogP contribution in [0.15, 0.2) is 30.3 Å². The molecule has 17 heavy (non-hydrogen) atoms. The number of phenolic OH excluding ortho intramolecular Hbond substituents is 1. The van der Waals surface area contributed by atoms with Crippen molar-refractivity contribution in [3.63, 3.8) is 0 Å². The molecular formula is C12H6Cl2O3. The Morgan fingerprint density at radius 2 is 1.65 bits per heavy atom. The van der Waals surface area contributed by atoms with Crippen LogP contribution in [0.4, 0.5) is 0 Å². The van der Waals surface area contributed by atoms with Gasteiger partial charge in [0, 0.05) is 5.56 Å². The van der Waals surface area contributed by atoms with Gasteiger partial charge in [-0.15, -0.1) is 0 Å². The maximum atomic E-state index is 11.0. The van der Waals surface area contributed by atoms with Crippen LogP contribution in [0.25, 0.3) is 10.8 Å². The molecule has 0 heterocycles. The van der Waals surface area contributed by atoms with E-state index in [-0.39, 0.29) is 11.3 Å². The van der Waals surface area contributed by atoms with E-state index in [4.69, 9.17) is 23.2 Å². The number of carbonyl (C=O) groups is 2. The van der Waals surface area contributed by atoms with E-state index >= 15 is 0 Å². The number of hydrogen-bond donors (Lipinski definition) is 1. The van der Waals surface area contributed by atoms with Crippen molar-refractivity contribution in [2.45, 2.75) is 0 Å². The molecule has 0 aromatic heterocycles. The molecule has 0 bridgehead atoms. The highest BCUT2D eigenvalue weighted by molar-refractivity contribution is 6.68. The van der Waals surface area contributed by atoms with Gasteiger partial charge in [-0.2, -0.15) is 0 Å². The Balaban J connectivity index is 2.72. The number of hydrogen-bond acceptors (Lipinski definition) is 3. The van der Waals surface area contributed by atoms with Crippen molar-refractivity contribution in [2.75, 3.05) is 0 Å². The van der Waals surface area contributed by atoms with E-state index in [0.717, 1.165) is 0 Å². The number of halogens is 2. The monoisotopic (exact) mass is 268 g/mol. The van der Waals surface area contributed by atoms with Crippen molar-refractivity contribution in [1.29, 1.82) is 0 Å². The lowest BCUT2D eigenvalue weighted by Crippen LogP contribution is -1.92. The summed E-state index contributed by atoms with van der Waals surface area (Å²) in [5.41, 5.74) is 0.316. The van der Waals surface area contributed by atoms with Crippen LogP contribution in [0.5, 0.6) is 5.75 Å². The first-order valence-corrected chi connectivity index (χ1v) is 5.41. The van der Waals surface area contributed by atoms with Gasteiger partial charge in [-0.25, -0.2) is 0 Å². The van der Waals surface area contributed by atoms with Gasteiger partial charge in [0.05, 0.1) is 5.56 Å². The zero-order valence-corrected chi connectivity index (χ0v) is 9.92. The molecule has 0 aliphatic rings. The normalized spacial score (nSPS) is 10.5. The Hall–Kier alpha value is -1.58. The van der Waals surface area contributed by atoms with Crippen LogP contribution in [0, 0.1) is 0 Å². The summed E-state index contributed by atoms with van der Waals surface area (Å²) in [6.45, 7) is 0. The molecule has 1 N–H and O–H groups in total. The molecule has 0 radical (unpaired) electrons. The SMILES string of the molecule is O=C(Cl)c1ccc2cc(O)c(C(=O)Cl)cc2c1. The number of aromatic hydroxyl groups is 1. The minimum Gasteiger partial charge on any atom is -0.507 e. The van der Waals surface area contributed by atoms with Gasteiger partial charge in [0.15, 0.2) is 0 Å². The summed E-state index contributed by atoms with van der Waals surface area (Å²) >= 11 is 10.7. The minimum absolute atomic E-state index is 0.00154. The predicted octanol–water partition coefficient (Wildman–Crippen LogP) is 3.30. The zero-order valence-electron chi connectivity index (χ0n) is 8.41. The van der Waals surface area contributed by atoms with E-state index in [1.807, 2.05) is 0 Å². The Morgan fingerprint density at radius 1 is 0.941 bits per heavy atom. The summed E-state index contributed by atoms with van der Waals surface area (Å²) in [7, 11) is 0. The van der Waals surface area contributed by atoms with Crippen molar-refractivity contribution in [2.24, 2.45) is 0 Å². The predicted molar refractivity (Wildman–Crippen MR) is 66.0 cm³/mol. The molecule has 0 aliphatic heterocycles. The maximum absolute atomic E-state index is 11.0. The van der Waals surface area contributed by atoms with E-state index in [1.165, 1.54) is 18.2 Å². The molecule has 0 saturated heterocycles. The molecule has 0 amide bonds. The molecule has 2 aromatic rings. The van der Waals surface area contributed by atoms with Crippen molar-refractivity contribution >= 4 is 44.5 Å². The average Bonchev–Trinajstić information content (AvgIpc) is 2.27. The fraction of sp³-hybridized carbons (Fsp3) is 0. The molecule has 5 heteroatoms. The second kappa shape index (κ2) is 4.35. The summed E-state index contributed by atoms with van der Waals surface area (Å²) in [5, 5.41) is 9.51. The quantitative estimate of drug-likeness (QED) is 0.851. The highest BCUT2D eigenvalue weighted by Gasteiger charge is 2.11. The summed E-state index contributed by atoms with van der Waals surface area (Å²) in [6.07, 6.45) is 0. The van der Waals surface area contributed by atoms with Crippen molar-refractivity contribution in [3.8, 4) is 5.75 Å². The molecule has 0 atom stereocenters. The lowest BCUT2D eigenvalue weighted by molar-refractivity contribution is 0.107. The molecule has 3 nitrogen and oxygen atoms in total. The molecule has 86 valence electrons. The van der Waals surface area contributed by atoms with E-state index in [1.54, 1.807) is 12.1 Å². The Labute approximate surface area is 107 Å². The first kappa shape index (κ1) is 11.9. The second-order valence-electron chi connectivity index (χ2n) is 3.48. The lowest BCUT2D eigenvalue weighted by atomic mass is 10.0. The number of benzene rings is 2. The van der Waals surface area contributed by atoms with E-state index in [0.29, 0.717) is 16.3 Å². The van der Waals surface area contributed by atoms with Crippen LogP contribution in [-0.2, 0) is 0 Å². The Bertz CT molecular complexity index is 635. The van der Waals surface area contributed by atoms with Gasteiger partial charge in [0.2, 0.25) is 0 Å². The van der Waals surface area contributed by atoms with Gasteiger partial charge < -0.3 is 5.11 Å². The molecular weight excluding hydrogens is 263 g/mol. The van der Waals surface area contributed by atoms with Crippen LogP contribution < -0.4 is 0 Å². The number of fused-ring (bicyclic) bond motifs is 1. The second-order valence-corrected chi connectivity index (χ2v) is 4.17. The summed E-state index contributed by atoms with van der Waals surface area (Å²) in [5.74, 6) is -0.192. The maximum Gasteiger partial charge on any atom is 0.256 e. The third-order valence-corrected chi connectivity index (χ3v) is 2.82. The first-order valence-electron chi connectivity index (χ1n) is 4.65. The Kier molecular flexibility index (Phi) is 3.05. The summed E-state index contributed by atoms with van der Waals surface area (Å²) in [4.78, 5) is 22.0. The fourth-order valence-electron chi connectivity index (χ4n) is 1.57. The number of phenols is 1. The van der Waals surface area contributed by atoms with Crippen molar-refractivity contribution < 1.29 is 14.7 Å². The Morgan fingerprint density at radius 3 is 2.24 bits per heavy atom. The smallest absolute Gasteiger partial charge is 0.256 e.